The monoisotopic (exact) mass is 268 g/mol. The molecule has 0 amide bonds. The Hall–Kier alpha value is -1.83. The van der Waals surface area contributed by atoms with Crippen LogP contribution in [-0.4, -0.2) is 5.78 Å². The SMILES string of the molecule is Cc1oc(C)c(C(=O)c2cccc(C3CCC3)c2)c1C. The van der Waals surface area contributed by atoms with E-state index in [1.165, 1.54) is 24.8 Å². The van der Waals surface area contributed by atoms with E-state index in [1.54, 1.807) is 0 Å². The number of hydrogen-bond acceptors (Lipinski definition) is 2. The van der Waals surface area contributed by atoms with Crippen LogP contribution in [-0.2, 0) is 0 Å². The van der Waals surface area contributed by atoms with Gasteiger partial charge >= 0.3 is 0 Å². The third kappa shape index (κ3) is 2.09. The van der Waals surface area contributed by atoms with Crippen LogP contribution in [0.1, 0.15) is 63.7 Å². The molecule has 0 aliphatic heterocycles. The molecule has 1 aromatic carbocycles. The van der Waals surface area contributed by atoms with Crippen LogP contribution in [0.3, 0.4) is 0 Å². The van der Waals surface area contributed by atoms with Gasteiger partial charge in [-0.05, 0) is 51.2 Å². The van der Waals surface area contributed by atoms with Crippen molar-refractivity contribution in [3.05, 3.63) is 58.0 Å². The first-order chi connectivity index (χ1) is 9.58. The first-order valence-electron chi connectivity index (χ1n) is 7.29. The molecule has 3 rings (SSSR count). The summed E-state index contributed by atoms with van der Waals surface area (Å²) in [5.74, 6) is 2.29. The number of hydrogen-bond donors (Lipinski definition) is 0. The van der Waals surface area contributed by atoms with Crippen molar-refractivity contribution in [3.8, 4) is 0 Å². The summed E-state index contributed by atoms with van der Waals surface area (Å²) in [5.41, 5.74) is 3.77. The van der Waals surface area contributed by atoms with Crippen molar-refractivity contribution in [3.63, 3.8) is 0 Å². The number of carbonyl (C=O) groups excluding carboxylic acids is 1. The summed E-state index contributed by atoms with van der Waals surface area (Å²) in [6, 6.07) is 8.11. The Morgan fingerprint density at radius 3 is 2.45 bits per heavy atom. The van der Waals surface area contributed by atoms with Gasteiger partial charge in [-0.15, -0.1) is 0 Å². The maximum absolute atomic E-state index is 12.7. The molecule has 0 saturated heterocycles. The number of rotatable bonds is 3. The van der Waals surface area contributed by atoms with Gasteiger partial charge in [-0.3, -0.25) is 4.79 Å². The van der Waals surface area contributed by atoms with Gasteiger partial charge in [-0.1, -0.05) is 24.6 Å². The van der Waals surface area contributed by atoms with Gasteiger partial charge in [0.2, 0.25) is 0 Å². The molecule has 104 valence electrons. The van der Waals surface area contributed by atoms with Gasteiger partial charge in [0.1, 0.15) is 11.5 Å². The third-order valence-corrected chi connectivity index (χ3v) is 4.51. The molecule has 1 saturated carbocycles. The van der Waals surface area contributed by atoms with Crippen LogP contribution in [0, 0.1) is 20.8 Å². The minimum atomic E-state index is 0.0815. The number of ketones is 1. The molecule has 2 nitrogen and oxygen atoms in total. The van der Waals surface area contributed by atoms with Gasteiger partial charge in [0, 0.05) is 11.1 Å². The molecule has 2 aromatic rings. The number of benzene rings is 1. The second kappa shape index (κ2) is 4.93. The van der Waals surface area contributed by atoms with Gasteiger partial charge in [0.15, 0.2) is 5.78 Å². The normalized spacial score (nSPS) is 15.2. The van der Waals surface area contributed by atoms with E-state index in [2.05, 4.69) is 12.1 Å². The number of aryl methyl sites for hydroxylation is 2. The third-order valence-electron chi connectivity index (χ3n) is 4.51. The van der Waals surface area contributed by atoms with Gasteiger partial charge in [-0.25, -0.2) is 0 Å². The van der Waals surface area contributed by atoms with E-state index >= 15 is 0 Å². The molecule has 0 unspecified atom stereocenters. The van der Waals surface area contributed by atoms with Crippen LogP contribution < -0.4 is 0 Å². The average molecular weight is 268 g/mol. The molecule has 0 atom stereocenters. The van der Waals surface area contributed by atoms with Gasteiger partial charge in [-0.2, -0.15) is 0 Å². The summed E-state index contributed by atoms with van der Waals surface area (Å²) in [7, 11) is 0. The summed E-state index contributed by atoms with van der Waals surface area (Å²) in [4.78, 5) is 12.7. The van der Waals surface area contributed by atoms with Crippen molar-refractivity contribution in [1.29, 1.82) is 0 Å². The summed E-state index contributed by atoms with van der Waals surface area (Å²) < 4.78 is 5.58. The summed E-state index contributed by atoms with van der Waals surface area (Å²) in [5, 5.41) is 0. The van der Waals surface area contributed by atoms with Gasteiger partial charge in [0.25, 0.3) is 0 Å². The van der Waals surface area contributed by atoms with E-state index in [1.807, 2.05) is 32.9 Å². The van der Waals surface area contributed by atoms with E-state index in [-0.39, 0.29) is 5.78 Å². The minimum Gasteiger partial charge on any atom is -0.466 e. The standard InChI is InChI=1S/C18H20O2/c1-11-12(2)20-13(3)17(11)18(19)16-9-5-8-15(10-16)14-6-4-7-14/h5,8-10,14H,4,6-7H2,1-3H3. The highest BCUT2D eigenvalue weighted by Gasteiger charge is 2.23. The van der Waals surface area contributed by atoms with Crippen molar-refractivity contribution in [1.82, 2.24) is 0 Å². The molecular formula is C18H20O2. The summed E-state index contributed by atoms with van der Waals surface area (Å²) in [6.45, 7) is 5.72. The molecule has 2 heteroatoms. The predicted octanol–water partition coefficient (Wildman–Crippen LogP) is 4.70. The molecule has 0 spiro atoms. The van der Waals surface area contributed by atoms with E-state index in [4.69, 9.17) is 4.42 Å². The maximum Gasteiger partial charge on any atom is 0.196 e. The second-order valence-corrected chi connectivity index (χ2v) is 5.80. The Kier molecular flexibility index (Phi) is 3.25. The molecule has 1 fully saturated rings. The number of carbonyl (C=O) groups is 1. The second-order valence-electron chi connectivity index (χ2n) is 5.80. The van der Waals surface area contributed by atoms with Crippen LogP contribution in [0.2, 0.25) is 0 Å². The molecule has 1 heterocycles. The van der Waals surface area contributed by atoms with Crippen LogP contribution in [0.15, 0.2) is 28.7 Å². The molecule has 1 aliphatic carbocycles. The minimum absolute atomic E-state index is 0.0815. The van der Waals surface area contributed by atoms with Crippen LogP contribution in [0.5, 0.6) is 0 Å². The molecule has 1 aliphatic rings. The fourth-order valence-corrected chi connectivity index (χ4v) is 2.95. The Labute approximate surface area is 119 Å². The van der Waals surface area contributed by atoms with Crippen molar-refractivity contribution in [2.75, 3.05) is 0 Å². The zero-order valence-corrected chi connectivity index (χ0v) is 12.3. The van der Waals surface area contributed by atoms with Crippen LogP contribution >= 0.6 is 0 Å². The summed E-state index contributed by atoms with van der Waals surface area (Å²) >= 11 is 0. The van der Waals surface area contributed by atoms with Crippen LogP contribution in [0.4, 0.5) is 0 Å². The van der Waals surface area contributed by atoms with E-state index in [9.17, 15) is 4.79 Å². The first-order valence-corrected chi connectivity index (χ1v) is 7.29. The smallest absolute Gasteiger partial charge is 0.196 e. The Morgan fingerprint density at radius 2 is 1.90 bits per heavy atom. The lowest BCUT2D eigenvalue weighted by molar-refractivity contribution is 0.103. The fraction of sp³-hybridized carbons (Fsp3) is 0.389. The Bertz CT molecular complexity index is 660. The molecule has 0 radical (unpaired) electrons. The Morgan fingerprint density at radius 1 is 1.15 bits per heavy atom. The average Bonchev–Trinajstić information content (AvgIpc) is 2.61. The highest BCUT2D eigenvalue weighted by molar-refractivity contribution is 6.10. The van der Waals surface area contributed by atoms with Crippen molar-refractivity contribution in [2.24, 2.45) is 0 Å². The highest BCUT2D eigenvalue weighted by Crippen LogP contribution is 2.36. The van der Waals surface area contributed by atoms with Gasteiger partial charge < -0.3 is 4.42 Å². The maximum atomic E-state index is 12.7. The van der Waals surface area contributed by atoms with Crippen LogP contribution in [0.25, 0.3) is 0 Å². The lowest BCUT2D eigenvalue weighted by Gasteiger charge is -2.26. The zero-order chi connectivity index (χ0) is 14.3. The molecule has 1 aromatic heterocycles. The molecule has 20 heavy (non-hydrogen) atoms. The lowest BCUT2D eigenvalue weighted by Crippen LogP contribution is -2.10. The predicted molar refractivity (Wildman–Crippen MR) is 79.4 cm³/mol. The first kappa shape index (κ1) is 13.2. The largest absolute Gasteiger partial charge is 0.466 e. The fourth-order valence-electron chi connectivity index (χ4n) is 2.95. The zero-order valence-electron chi connectivity index (χ0n) is 12.3. The lowest BCUT2D eigenvalue weighted by atomic mass is 9.79. The highest BCUT2D eigenvalue weighted by atomic mass is 16.3. The topological polar surface area (TPSA) is 30.2 Å². The number of furan rings is 1. The quantitative estimate of drug-likeness (QED) is 0.755. The molecular weight excluding hydrogens is 248 g/mol. The molecule has 0 bridgehead atoms. The van der Waals surface area contributed by atoms with Crippen molar-refractivity contribution < 1.29 is 9.21 Å². The van der Waals surface area contributed by atoms with E-state index < -0.39 is 0 Å². The van der Waals surface area contributed by atoms with Gasteiger partial charge in [0.05, 0.1) is 5.56 Å². The van der Waals surface area contributed by atoms with E-state index in [0.29, 0.717) is 5.92 Å². The van der Waals surface area contributed by atoms with Crippen molar-refractivity contribution >= 4 is 5.78 Å². The Balaban J connectivity index is 1.97. The molecule has 0 N–H and O–H groups in total. The van der Waals surface area contributed by atoms with E-state index in [0.717, 1.165) is 28.2 Å². The summed E-state index contributed by atoms with van der Waals surface area (Å²) in [6.07, 6.45) is 3.81. The van der Waals surface area contributed by atoms with Crippen molar-refractivity contribution in [2.45, 2.75) is 46.0 Å².